The lowest BCUT2D eigenvalue weighted by molar-refractivity contribution is -0.384. The number of nitrogens with zero attached hydrogens (tertiary/aromatic N) is 4. The van der Waals surface area contributed by atoms with Crippen LogP contribution in [0.2, 0.25) is 0 Å². The summed E-state index contributed by atoms with van der Waals surface area (Å²) in [7, 11) is -5.30. The van der Waals surface area contributed by atoms with E-state index >= 15 is 0 Å². The molecular weight excluding hydrogens is 524 g/mol. The zero-order valence-electron chi connectivity index (χ0n) is 17.7. The molecule has 2 N–H and O–H groups in total. The number of nitro groups is 1. The summed E-state index contributed by atoms with van der Waals surface area (Å²) in [5.74, 6) is -0.779. The number of nitrogens with two attached hydrogens (primary N) is 1. The van der Waals surface area contributed by atoms with Crippen molar-refractivity contribution in [2.45, 2.75) is 24.2 Å². The van der Waals surface area contributed by atoms with Gasteiger partial charge in [-0.1, -0.05) is 0 Å². The van der Waals surface area contributed by atoms with Gasteiger partial charge in [0.15, 0.2) is 5.75 Å². The molecule has 1 heterocycles. The summed E-state index contributed by atoms with van der Waals surface area (Å²) in [6.07, 6.45) is -8.39. The summed E-state index contributed by atoms with van der Waals surface area (Å²) in [5, 5.41) is 15.0. The van der Waals surface area contributed by atoms with Crippen LogP contribution in [0, 0.1) is 17.0 Å². The molecule has 36 heavy (non-hydrogen) atoms. The number of non-ortho nitro benzene ring substituents is 1. The van der Waals surface area contributed by atoms with Crippen LogP contribution in [0.3, 0.4) is 0 Å². The van der Waals surface area contributed by atoms with Gasteiger partial charge in [0.05, 0.1) is 34.2 Å². The number of nitro benzene ring substituents is 1. The van der Waals surface area contributed by atoms with E-state index in [0.717, 1.165) is 29.1 Å². The lowest BCUT2D eigenvalue weighted by atomic mass is 10.1. The van der Waals surface area contributed by atoms with Crippen molar-refractivity contribution in [1.82, 2.24) is 9.66 Å². The first kappa shape index (κ1) is 26.5. The molecule has 3 aromatic rings. The zero-order valence-corrected chi connectivity index (χ0v) is 18.5. The van der Waals surface area contributed by atoms with E-state index in [2.05, 4.69) is 10.1 Å². The summed E-state index contributed by atoms with van der Waals surface area (Å²) < 4.78 is 110. The number of hydrogen-bond donors (Lipinski definition) is 1. The molecule has 0 aliphatic carbocycles. The summed E-state index contributed by atoms with van der Waals surface area (Å²) >= 11 is 0. The minimum Gasteiger partial charge on any atom is -0.378 e. The van der Waals surface area contributed by atoms with Crippen LogP contribution in [0.1, 0.15) is 22.4 Å². The number of imidazole rings is 1. The van der Waals surface area contributed by atoms with Gasteiger partial charge < -0.3 is 9.92 Å². The molecule has 17 heteroatoms. The Morgan fingerprint density at radius 1 is 1.08 bits per heavy atom. The van der Waals surface area contributed by atoms with Gasteiger partial charge in [-0.2, -0.15) is 39.9 Å². The largest absolute Gasteiger partial charge is 0.416 e. The number of alkyl halides is 6. The maximum Gasteiger partial charge on any atom is 0.416 e. The molecule has 0 aliphatic heterocycles. The van der Waals surface area contributed by atoms with Crippen molar-refractivity contribution >= 4 is 28.0 Å². The van der Waals surface area contributed by atoms with E-state index in [1.54, 1.807) is 6.92 Å². The minimum atomic E-state index is -5.31. The average molecular weight is 537 g/mol. The first-order chi connectivity index (χ1) is 16.5. The Morgan fingerprint density at radius 2 is 1.67 bits per heavy atom. The van der Waals surface area contributed by atoms with Gasteiger partial charge in [-0.3, -0.25) is 10.1 Å². The number of hydrogen-bond acceptors (Lipinski definition) is 8. The van der Waals surface area contributed by atoms with Crippen molar-refractivity contribution in [2.75, 3.05) is 5.73 Å². The molecule has 0 aliphatic rings. The van der Waals surface area contributed by atoms with Gasteiger partial charge in [0.25, 0.3) is 5.69 Å². The topological polar surface area (TPSA) is 143 Å². The minimum absolute atomic E-state index is 0.0291. The lowest BCUT2D eigenvalue weighted by Crippen LogP contribution is -2.16. The van der Waals surface area contributed by atoms with Crippen LogP contribution < -0.4 is 9.92 Å². The van der Waals surface area contributed by atoms with Gasteiger partial charge in [-0.05, 0) is 31.2 Å². The zero-order chi connectivity index (χ0) is 27.1. The van der Waals surface area contributed by atoms with Crippen molar-refractivity contribution in [3.8, 4) is 5.75 Å². The van der Waals surface area contributed by atoms with Crippen molar-refractivity contribution in [1.29, 1.82) is 0 Å². The van der Waals surface area contributed by atoms with Crippen molar-refractivity contribution < 1.29 is 43.9 Å². The van der Waals surface area contributed by atoms with Crippen molar-refractivity contribution in [2.24, 2.45) is 5.10 Å². The second kappa shape index (κ2) is 9.14. The summed E-state index contributed by atoms with van der Waals surface area (Å²) in [6.45, 7) is 1.57. The van der Waals surface area contributed by atoms with Crippen LogP contribution in [-0.4, -0.2) is 29.2 Å². The van der Waals surface area contributed by atoms with Gasteiger partial charge in [0.2, 0.25) is 5.95 Å². The molecule has 10 nitrogen and oxygen atoms in total. The maximum absolute atomic E-state index is 13.1. The van der Waals surface area contributed by atoms with Crippen molar-refractivity contribution in [3.05, 3.63) is 75.1 Å². The molecule has 0 unspecified atom stereocenters. The Kier molecular flexibility index (Phi) is 6.71. The molecule has 0 spiro atoms. The number of aryl methyl sites for hydroxylation is 1. The Labute approximate surface area is 197 Å². The lowest BCUT2D eigenvalue weighted by Gasteiger charge is -2.15. The maximum atomic E-state index is 13.1. The highest BCUT2D eigenvalue weighted by atomic mass is 32.2. The normalized spacial score (nSPS) is 12.8. The number of nitrogen functional groups attached to an aromatic ring is 1. The van der Waals surface area contributed by atoms with Crippen LogP contribution in [0.5, 0.6) is 5.75 Å². The fraction of sp³-hybridized carbons (Fsp3) is 0.158. The van der Waals surface area contributed by atoms with E-state index in [9.17, 15) is 44.9 Å². The number of aromatic nitrogens is 2. The molecule has 192 valence electrons. The van der Waals surface area contributed by atoms with Crippen LogP contribution in [-0.2, 0) is 22.5 Å². The van der Waals surface area contributed by atoms with E-state index in [1.807, 2.05) is 0 Å². The van der Waals surface area contributed by atoms with E-state index in [-0.39, 0.29) is 29.7 Å². The molecule has 0 amide bonds. The van der Waals surface area contributed by atoms with E-state index < -0.39 is 54.9 Å². The molecular formula is C19H13F6N5O5S. The molecule has 0 fully saturated rings. The highest BCUT2D eigenvalue weighted by Gasteiger charge is 2.38. The van der Waals surface area contributed by atoms with E-state index in [0.29, 0.717) is 5.69 Å². The number of rotatable bonds is 6. The van der Waals surface area contributed by atoms with Gasteiger partial charge in [-0.15, -0.1) is 0 Å². The third-order valence-electron chi connectivity index (χ3n) is 4.41. The highest BCUT2D eigenvalue weighted by Crippen LogP contribution is 2.38. The predicted octanol–water partition coefficient (Wildman–Crippen LogP) is 4.37. The van der Waals surface area contributed by atoms with Gasteiger partial charge in [0, 0.05) is 17.7 Å². The summed E-state index contributed by atoms with van der Waals surface area (Å²) in [6, 6.07) is 2.11. The molecule has 0 bridgehead atoms. The predicted molar refractivity (Wildman–Crippen MR) is 112 cm³/mol. The average Bonchev–Trinajstić information content (AvgIpc) is 3.07. The Bertz CT molecular complexity index is 1430. The van der Waals surface area contributed by atoms with Gasteiger partial charge in [0.1, 0.15) is 4.90 Å². The Hall–Kier alpha value is -4.15. The molecule has 0 saturated heterocycles. The molecule has 2 aromatic carbocycles. The smallest absolute Gasteiger partial charge is 0.378 e. The van der Waals surface area contributed by atoms with Gasteiger partial charge in [-0.25, -0.2) is 9.66 Å². The van der Waals surface area contributed by atoms with Crippen LogP contribution in [0.15, 0.2) is 52.6 Å². The number of halogens is 6. The molecule has 3 rings (SSSR count). The van der Waals surface area contributed by atoms with Crippen molar-refractivity contribution in [3.63, 3.8) is 0 Å². The third-order valence-corrected chi connectivity index (χ3v) is 5.62. The first-order valence-electron chi connectivity index (χ1n) is 9.35. The SMILES string of the molecule is Cc1cn(N=Cc2cc([N+](=O)[O-])ccc2OS(=O)(=O)c2cc(C(F)(F)F)cc(C(F)(F)F)c2)c(N)n1. The van der Waals surface area contributed by atoms with E-state index in [1.165, 1.54) is 6.20 Å². The molecule has 0 atom stereocenters. The summed E-state index contributed by atoms with van der Waals surface area (Å²) in [4.78, 5) is 12.7. The quantitative estimate of drug-likeness (QED) is 0.162. The molecule has 0 radical (unpaired) electrons. The third kappa shape index (κ3) is 5.91. The fourth-order valence-electron chi connectivity index (χ4n) is 2.78. The summed E-state index contributed by atoms with van der Waals surface area (Å²) in [5.41, 5.74) is 1.39. The fourth-order valence-corrected chi connectivity index (χ4v) is 3.81. The Morgan fingerprint density at radius 3 is 2.14 bits per heavy atom. The van der Waals surface area contributed by atoms with Gasteiger partial charge >= 0.3 is 22.5 Å². The second-order valence-electron chi connectivity index (χ2n) is 7.09. The van der Waals surface area contributed by atoms with Crippen LogP contribution in [0.4, 0.5) is 38.0 Å². The molecule has 0 saturated carbocycles. The first-order valence-corrected chi connectivity index (χ1v) is 10.8. The monoisotopic (exact) mass is 537 g/mol. The highest BCUT2D eigenvalue weighted by molar-refractivity contribution is 7.87. The molecule has 1 aromatic heterocycles. The Balaban J connectivity index is 2.10. The number of anilines is 1. The second-order valence-corrected chi connectivity index (χ2v) is 8.63. The number of benzene rings is 2. The van der Waals surface area contributed by atoms with E-state index in [4.69, 9.17) is 9.92 Å². The standard InChI is InChI=1S/C19H13F6N5O5S/c1-10-9-29(17(26)28-10)27-8-11-4-14(30(31)32)2-3-16(11)35-36(33,34)15-6-12(18(20,21)22)5-13(7-15)19(23,24)25/h2-9H,1H3,(H2,26,28). The van der Waals surface area contributed by atoms with Crippen LogP contribution in [0.25, 0.3) is 0 Å². The van der Waals surface area contributed by atoms with Crippen LogP contribution >= 0.6 is 0 Å².